The molecule has 0 fully saturated rings. The van der Waals surface area contributed by atoms with E-state index >= 15 is 0 Å². The molecule has 0 unspecified atom stereocenters. The predicted molar refractivity (Wildman–Crippen MR) is 92.8 cm³/mol. The second-order valence-electron chi connectivity index (χ2n) is 6.18. The van der Waals surface area contributed by atoms with Gasteiger partial charge >= 0.3 is 0 Å². The SMILES string of the molecule is CCN(C(=O)[C@@H](N)CC(C)C)[C@@H](Cc1ccccc1)C(=O)NC. The van der Waals surface area contributed by atoms with Gasteiger partial charge in [0.15, 0.2) is 0 Å². The van der Waals surface area contributed by atoms with Crippen molar-refractivity contribution in [3.05, 3.63) is 35.9 Å². The first-order chi connectivity index (χ1) is 10.9. The zero-order valence-electron chi connectivity index (χ0n) is 14.6. The van der Waals surface area contributed by atoms with Crippen molar-refractivity contribution in [1.82, 2.24) is 10.2 Å². The third kappa shape index (κ3) is 5.67. The summed E-state index contributed by atoms with van der Waals surface area (Å²) in [5, 5.41) is 2.66. The molecule has 1 aromatic rings. The number of likely N-dealkylation sites (N-methyl/N-ethyl adjacent to an activating group) is 2. The van der Waals surface area contributed by atoms with Crippen LogP contribution in [0.1, 0.15) is 32.8 Å². The quantitative estimate of drug-likeness (QED) is 0.763. The first-order valence-corrected chi connectivity index (χ1v) is 8.22. The Hall–Kier alpha value is -1.88. The number of benzene rings is 1. The fraction of sp³-hybridized carbons (Fsp3) is 0.556. The van der Waals surface area contributed by atoms with Gasteiger partial charge in [0.2, 0.25) is 11.8 Å². The molecule has 5 nitrogen and oxygen atoms in total. The lowest BCUT2D eigenvalue weighted by atomic mass is 10.00. The van der Waals surface area contributed by atoms with Crippen LogP contribution < -0.4 is 11.1 Å². The van der Waals surface area contributed by atoms with Gasteiger partial charge in [-0.25, -0.2) is 0 Å². The number of hydrogen-bond acceptors (Lipinski definition) is 3. The lowest BCUT2D eigenvalue weighted by Crippen LogP contribution is -2.54. The Labute approximate surface area is 139 Å². The first kappa shape index (κ1) is 19.2. The number of carbonyl (C=O) groups excluding carboxylic acids is 2. The maximum atomic E-state index is 12.7. The summed E-state index contributed by atoms with van der Waals surface area (Å²) in [5.74, 6) is 0.00626. The lowest BCUT2D eigenvalue weighted by molar-refractivity contribution is -0.141. The van der Waals surface area contributed by atoms with Crippen molar-refractivity contribution in [3.63, 3.8) is 0 Å². The highest BCUT2D eigenvalue weighted by atomic mass is 16.2. The third-order valence-corrected chi connectivity index (χ3v) is 3.86. The molecule has 128 valence electrons. The van der Waals surface area contributed by atoms with E-state index in [9.17, 15) is 9.59 Å². The van der Waals surface area contributed by atoms with Gasteiger partial charge in [0, 0.05) is 20.0 Å². The van der Waals surface area contributed by atoms with Crippen molar-refractivity contribution >= 4 is 11.8 Å². The van der Waals surface area contributed by atoms with Gasteiger partial charge in [0.1, 0.15) is 6.04 Å². The van der Waals surface area contributed by atoms with Crippen LogP contribution in [0, 0.1) is 5.92 Å². The maximum absolute atomic E-state index is 12.7. The summed E-state index contributed by atoms with van der Waals surface area (Å²) in [7, 11) is 1.59. The normalized spacial score (nSPS) is 13.5. The number of rotatable bonds is 8. The number of carbonyl (C=O) groups is 2. The summed E-state index contributed by atoms with van der Waals surface area (Å²) in [6, 6.07) is 8.60. The molecule has 0 saturated heterocycles. The maximum Gasteiger partial charge on any atom is 0.242 e. The fourth-order valence-corrected chi connectivity index (χ4v) is 2.70. The van der Waals surface area contributed by atoms with Crippen LogP contribution in [-0.2, 0) is 16.0 Å². The molecular formula is C18H29N3O2. The molecule has 0 radical (unpaired) electrons. The van der Waals surface area contributed by atoms with E-state index in [1.54, 1.807) is 11.9 Å². The summed E-state index contributed by atoms with van der Waals surface area (Å²) in [6.07, 6.45) is 1.09. The van der Waals surface area contributed by atoms with E-state index in [2.05, 4.69) is 5.32 Å². The Morgan fingerprint density at radius 1 is 1.22 bits per heavy atom. The smallest absolute Gasteiger partial charge is 0.242 e. The highest BCUT2D eigenvalue weighted by Crippen LogP contribution is 2.13. The second kappa shape index (κ2) is 9.30. The second-order valence-corrected chi connectivity index (χ2v) is 6.18. The van der Waals surface area contributed by atoms with E-state index in [0.717, 1.165) is 5.56 Å². The van der Waals surface area contributed by atoms with Gasteiger partial charge < -0.3 is 16.0 Å². The van der Waals surface area contributed by atoms with Crippen LogP contribution >= 0.6 is 0 Å². The molecule has 1 rings (SSSR count). The molecular weight excluding hydrogens is 290 g/mol. The van der Waals surface area contributed by atoms with E-state index in [4.69, 9.17) is 5.73 Å². The van der Waals surface area contributed by atoms with E-state index in [0.29, 0.717) is 25.3 Å². The minimum Gasteiger partial charge on any atom is -0.357 e. The number of nitrogens with zero attached hydrogens (tertiary/aromatic N) is 1. The molecule has 0 heterocycles. The fourth-order valence-electron chi connectivity index (χ4n) is 2.70. The van der Waals surface area contributed by atoms with E-state index < -0.39 is 12.1 Å². The largest absolute Gasteiger partial charge is 0.357 e. The predicted octanol–water partition coefficient (Wildman–Crippen LogP) is 1.57. The molecule has 0 saturated carbocycles. The van der Waals surface area contributed by atoms with Crippen LogP contribution in [0.15, 0.2) is 30.3 Å². The average Bonchev–Trinajstić information content (AvgIpc) is 2.54. The van der Waals surface area contributed by atoms with Crippen molar-refractivity contribution in [2.24, 2.45) is 11.7 Å². The topological polar surface area (TPSA) is 75.4 Å². The van der Waals surface area contributed by atoms with Crippen LogP contribution in [0.3, 0.4) is 0 Å². The van der Waals surface area contributed by atoms with Gasteiger partial charge in [0.05, 0.1) is 6.04 Å². The number of nitrogens with one attached hydrogen (secondary N) is 1. The molecule has 0 aliphatic heterocycles. The van der Waals surface area contributed by atoms with Crippen LogP contribution in [0.5, 0.6) is 0 Å². The molecule has 0 aliphatic rings. The van der Waals surface area contributed by atoms with Gasteiger partial charge in [0.25, 0.3) is 0 Å². The molecule has 2 atom stereocenters. The average molecular weight is 319 g/mol. The molecule has 0 aliphatic carbocycles. The summed E-state index contributed by atoms with van der Waals surface area (Å²) in [6.45, 7) is 6.39. The van der Waals surface area contributed by atoms with Crippen LogP contribution in [-0.4, -0.2) is 42.4 Å². The van der Waals surface area contributed by atoms with Crippen molar-refractivity contribution in [1.29, 1.82) is 0 Å². The Bertz CT molecular complexity index is 502. The third-order valence-electron chi connectivity index (χ3n) is 3.86. The van der Waals surface area contributed by atoms with Crippen molar-refractivity contribution in [2.75, 3.05) is 13.6 Å². The van der Waals surface area contributed by atoms with Crippen molar-refractivity contribution in [2.45, 2.75) is 45.7 Å². The number of nitrogens with two attached hydrogens (primary N) is 1. The minimum absolute atomic E-state index is 0.161. The van der Waals surface area contributed by atoms with Gasteiger partial charge in [-0.3, -0.25) is 9.59 Å². The highest BCUT2D eigenvalue weighted by molar-refractivity contribution is 5.89. The summed E-state index contributed by atoms with van der Waals surface area (Å²) >= 11 is 0. The monoisotopic (exact) mass is 319 g/mol. The first-order valence-electron chi connectivity index (χ1n) is 8.22. The Morgan fingerprint density at radius 3 is 2.30 bits per heavy atom. The van der Waals surface area contributed by atoms with E-state index in [-0.39, 0.29) is 11.8 Å². The van der Waals surface area contributed by atoms with E-state index in [1.165, 1.54) is 0 Å². The standard InChI is InChI=1S/C18H29N3O2/c1-5-21(18(23)15(19)11-13(2)3)16(17(22)20-4)12-14-9-7-6-8-10-14/h6-10,13,15-16H,5,11-12,19H2,1-4H3,(H,20,22)/t15-,16-/m0/s1. The van der Waals surface area contributed by atoms with Crippen LogP contribution in [0.25, 0.3) is 0 Å². The van der Waals surface area contributed by atoms with Gasteiger partial charge in [-0.05, 0) is 24.8 Å². The molecule has 0 spiro atoms. The summed E-state index contributed by atoms with van der Waals surface area (Å²) in [5.41, 5.74) is 7.06. The minimum atomic E-state index is -0.571. The van der Waals surface area contributed by atoms with Crippen molar-refractivity contribution in [3.8, 4) is 0 Å². The molecule has 5 heteroatoms. The van der Waals surface area contributed by atoms with Gasteiger partial charge in [-0.1, -0.05) is 44.2 Å². The summed E-state index contributed by atoms with van der Waals surface area (Å²) in [4.78, 5) is 26.6. The highest BCUT2D eigenvalue weighted by Gasteiger charge is 2.31. The van der Waals surface area contributed by atoms with Gasteiger partial charge in [-0.2, -0.15) is 0 Å². The van der Waals surface area contributed by atoms with Crippen molar-refractivity contribution < 1.29 is 9.59 Å². The Kier molecular flexibility index (Phi) is 7.75. The molecule has 2 amide bonds. The number of amides is 2. The zero-order valence-corrected chi connectivity index (χ0v) is 14.6. The summed E-state index contributed by atoms with van der Waals surface area (Å²) < 4.78 is 0. The molecule has 1 aromatic carbocycles. The lowest BCUT2D eigenvalue weighted by Gasteiger charge is -2.32. The van der Waals surface area contributed by atoms with Crippen LogP contribution in [0.4, 0.5) is 0 Å². The number of hydrogen-bond donors (Lipinski definition) is 2. The van der Waals surface area contributed by atoms with Crippen LogP contribution in [0.2, 0.25) is 0 Å². The molecule has 0 aromatic heterocycles. The molecule has 0 bridgehead atoms. The van der Waals surface area contributed by atoms with Gasteiger partial charge in [-0.15, -0.1) is 0 Å². The Morgan fingerprint density at radius 2 is 1.83 bits per heavy atom. The zero-order chi connectivity index (χ0) is 17.4. The molecule has 23 heavy (non-hydrogen) atoms. The Balaban J connectivity index is 2.97. The van der Waals surface area contributed by atoms with E-state index in [1.807, 2.05) is 51.1 Å². The molecule has 3 N–H and O–H groups in total.